The molecule has 2 nitrogen and oxygen atoms in total. The van der Waals surface area contributed by atoms with Crippen LogP contribution in [0.5, 0.6) is 0 Å². The average Bonchev–Trinajstić information content (AvgIpc) is 4.11. The van der Waals surface area contributed by atoms with Crippen LogP contribution in [0.1, 0.15) is 22.3 Å². The van der Waals surface area contributed by atoms with Crippen molar-refractivity contribution in [1.29, 1.82) is 0 Å². The Hall–Kier alpha value is -9.32. The molecule has 14 rings (SSSR count). The summed E-state index contributed by atoms with van der Waals surface area (Å²) in [6.45, 7) is 9.16. The summed E-state index contributed by atoms with van der Waals surface area (Å²) >= 11 is 3.76. The zero-order valence-corrected chi connectivity index (χ0v) is 46.7. The van der Waals surface area contributed by atoms with E-state index in [1.54, 1.807) is 0 Å². The molecule has 80 heavy (non-hydrogen) atoms. The number of thiophene rings is 2. The molecule has 382 valence electrons. The van der Waals surface area contributed by atoms with Crippen LogP contribution in [-0.2, 0) is 0 Å². The highest BCUT2D eigenvalue weighted by molar-refractivity contribution is 7.26. The number of fused-ring (bicyclic) bond motifs is 6. The first-order chi connectivity index (χ1) is 39.3. The zero-order chi connectivity index (χ0) is 53.8. The van der Waals surface area contributed by atoms with Gasteiger partial charge in [0.1, 0.15) is 0 Å². The van der Waals surface area contributed by atoms with Gasteiger partial charge in [0, 0.05) is 74.2 Å². The first-order valence-electron chi connectivity index (χ1n) is 27.5. The largest absolute Gasteiger partial charge is 0.310 e. The topological polar surface area (TPSA) is 6.48 Å². The van der Waals surface area contributed by atoms with E-state index in [0.29, 0.717) is 0 Å². The number of rotatable bonds is 11. The molecule has 4 heteroatoms. The minimum absolute atomic E-state index is 1.10. The van der Waals surface area contributed by atoms with Gasteiger partial charge in [-0.25, -0.2) is 0 Å². The molecule has 0 aliphatic carbocycles. The second-order valence-corrected chi connectivity index (χ2v) is 23.1. The van der Waals surface area contributed by atoms with E-state index in [2.05, 4.69) is 304 Å². The van der Waals surface area contributed by atoms with Gasteiger partial charge >= 0.3 is 0 Å². The molecule has 12 aromatic carbocycles. The molecule has 0 amide bonds. The van der Waals surface area contributed by atoms with E-state index in [1.165, 1.54) is 118 Å². The van der Waals surface area contributed by atoms with Crippen molar-refractivity contribution in [2.75, 3.05) is 9.80 Å². The van der Waals surface area contributed by atoms with Crippen molar-refractivity contribution < 1.29 is 0 Å². The van der Waals surface area contributed by atoms with Crippen LogP contribution < -0.4 is 9.80 Å². The van der Waals surface area contributed by atoms with Crippen LogP contribution in [0.15, 0.2) is 267 Å². The molecule has 0 radical (unpaired) electrons. The Kier molecular flexibility index (Phi) is 12.5. The Morgan fingerprint density at radius 1 is 0.250 bits per heavy atom. The van der Waals surface area contributed by atoms with E-state index in [4.69, 9.17) is 0 Å². The molecule has 0 N–H and O–H groups in total. The maximum absolute atomic E-state index is 2.45. The van der Waals surface area contributed by atoms with E-state index < -0.39 is 0 Å². The van der Waals surface area contributed by atoms with Crippen molar-refractivity contribution in [1.82, 2.24) is 0 Å². The fourth-order valence-corrected chi connectivity index (χ4v) is 14.8. The first-order valence-corrected chi connectivity index (χ1v) is 29.1. The number of aryl methyl sites for hydroxylation is 4. The molecule has 14 aromatic rings. The summed E-state index contributed by atoms with van der Waals surface area (Å²) in [7, 11) is 0. The van der Waals surface area contributed by atoms with E-state index >= 15 is 0 Å². The molecule has 0 aliphatic rings. The monoisotopic (exact) mass is 1060 g/mol. The molecule has 0 saturated heterocycles. The Bertz CT molecular complexity index is 4280. The molecule has 2 aromatic heterocycles. The quantitative estimate of drug-likeness (QED) is 0.127. The molecule has 0 aliphatic heterocycles. The predicted molar refractivity (Wildman–Crippen MR) is 348 cm³/mol. The fourth-order valence-electron chi connectivity index (χ4n) is 12.4. The van der Waals surface area contributed by atoms with Crippen molar-refractivity contribution in [3.63, 3.8) is 0 Å². The van der Waals surface area contributed by atoms with Gasteiger partial charge in [0.05, 0.1) is 11.4 Å². The first kappa shape index (κ1) is 49.0. The smallest absolute Gasteiger partial charge is 0.0540 e. The number of para-hydroxylation sites is 2. The van der Waals surface area contributed by atoms with Crippen LogP contribution in [0.25, 0.3) is 96.0 Å². The zero-order valence-electron chi connectivity index (χ0n) is 45.1. The normalized spacial score (nSPS) is 11.5. The summed E-state index contributed by atoms with van der Waals surface area (Å²) in [6, 6.07) is 98.2. The molecule has 0 spiro atoms. The summed E-state index contributed by atoms with van der Waals surface area (Å²) in [4.78, 5) is 4.91. The summed E-state index contributed by atoms with van der Waals surface area (Å²) in [5.41, 5.74) is 23.8. The number of nitrogens with zero attached hydrogens (tertiary/aromatic N) is 2. The van der Waals surface area contributed by atoms with Gasteiger partial charge in [-0.05, 0) is 167 Å². The van der Waals surface area contributed by atoms with Gasteiger partial charge in [0.25, 0.3) is 0 Å². The highest BCUT2D eigenvalue weighted by atomic mass is 32.1. The van der Waals surface area contributed by atoms with Crippen LogP contribution in [0.3, 0.4) is 0 Å². The Labute approximate surface area is 476 Å². The van der Waals surface area contributed by atoms with Gasteiger partial charge in [-0.15, -0.1) is 22.7 Å². The standard InChI is InChI=1S/C76H56N2S2/c1-49-45-59(77(69-33-15-11-25-61(69)53-21-7-5-8-22-53)57-41-37-55(38-42-57)63-29-19-31-67-65-27-13-17-35-71(65)79-75(63)67)46-50(2)73(49)74-51(3)47-60(48-52(74)4)78(70-34-16-12-26-62(70)54-23-9-6-10-24-54)58-43-39-56(40-44-58)64-30-20-32-68-66-28-14-18-36-72(66)80-76(64)68/h5-48H,1-4H3. The number of anilines is 6. The van der Waals surface area contributed by atoms with Crippen LogP contribution >= 0.6 is 22.7 Å². The Morgan fingerprint density at radius 2 is 0.562 bits per heavy atom. The van der Waals surface area contributed by atoms with Crippen LogP contribution in [0.4, 0.5) is 34.1 Å². The highest BCUT2D eigenvalue weighted by Crippen LogP contribution is 2.49. The maximum Gasteiger partial charge on any atom is 0.0540 e. The van der Waals surface area contributed by atoms with Gasteiger partial charge < -0.3 is 9.80 Å². The van der Waals surface area contributed by atoms with Crippen LogP contribution in [0, 0.1) is 27.7 Å². The third kappa shape index (κ3) is 8.65. The lowest BCUT2D eigenvalue weighted by molar-refractivity contribution is 1.23. The summed E-state index contributed by atoms with van der Waals surface area (Å²) in [5, 5.41) is 5.25. The lowest BCUT2D eigenvalue weighted by Crippen LogP contribution is -2.13. The summed E-state index contributed by atoms with van der Waals surface area (Å²) in [5.74, 6) is 0. The van der Waals surface area contributed by atoms with Crippen LogP contribution in [0.2, 0.25) is 0 Å². The van der Waals surface area contributed by atoms with Crippen molar-refractivity contribution in [2.24, 2.45) is 0 Å². The Morgan fingerprint density at radius 3 is 0.963 bits per heavy atom. The van der Waals surface area contributed by atoms with E-state index in [0.717, 1.165) is 34.1 Å². The maximum atomic E-state index is 2.45. The molecule has 2 heterocycles. The number of benzene rings is 12. The minimum atomic E-state index is 1.10. The fraction of sp³-hybridized carbons (Fsp3) is 0.0526. The molecular weight excluding hydrogens is 1000 g/mol. The minimum Gasteiger partial charge on any atom is -0.310 e. The van der Waals surface area contributed by atoms with Crippen molar-refractivity contribution in [3.8, 4) is 55.6 Å². The van der Waals surface area contributed by atoms with Gasteiger partial charge in [-0.1, -0.05) is 194 Å². The third-order valence-corrected chi connectivity index (χ3v) is 18.4. The third-order valence-electron chi connectivity index (χ3n) is 15.9. The van der Waals surface area contributed by atoms with E-state index in [1.807, 2.05) is 22.7 Å². The van der Waals surface area contributed by atoms with E-state index in [9.17, 15) is 0 Å². The number of hydrogen-bond acceptors (Lipinski definition) is 4. The average molecular weight is 1060 g/mol. The van der Waals surface area contributed by atoms with Crippen LogP contribution in [-0.4, -0.2) is 0 Å². The van der Waals surface area contributed by atoms with Gasteiger partial charge in [-0.3, -0.25) is 0 Å². The van der Waals surface area contributed by atoms with Gasteiger partial charge in [0.15, 0.2) is 0 Å². The van der Waals surface area contributed by atoms with Gasteiger partial charge in [0.2, 0.25) is 0 Å². The molecule has 0 fully saturated rings. The molecular formula is C76H56N2S2. The predicted octanol–water partition coefficient (Wildman–Crippen LogP) is 22.9. The molecule has 0 bridgehead atoms. The van der Waals surface area contributed by atoms with Crippen molar-refractivity contribution >= 4 is 97.1 Å². The summed E-state index contributed by atoms with van der Waals surface area (Å²) in [6.07, 6.45) is 0. The van der Waals surface area contributed by atoms with Gasteiger partial charge in [-0.2, -0.15) is 0 Å². The summed E-state index contributed by atoms with van der Waals surface area (Å²) < 4.78 is 5.28. The highest BCUT2D eigenvalue weighted by Gasteiger charge is 2.24. The van der Waals surface area contributed by atoms with E-state index in [-0.39, 0.29) is 0 Å². The lowest BCUT2D eigenvalue weighted by Gasteiger charge is -2.31. The second-order valence-electron chi connectivity index (χ2n) is 21.0. The van der Waals surface area contributed by atoms with Crippen molar-refractivity contribution in [2.45, 2.75) is 27.7 Å². The molecule has 0 atom stereocenters. The molecule has 0 unspecified atom stereocenters. The second kappa shape index (κ2) is 20.5. The van der Waals surface area contributed by atoms with Crippen molar-refractivity contribution in [3.05, 3.63) is 289 Å². The Balaban J connectivity index is 0.870. The number of hydrogen-bond donors (Lipinski definition) is 0. The SMILES string of the molecule is Cc1cc(N(c2ccc(-c3cccc4c3sc3ccccc34)cc2)c2ccccc2-c2ccccc2)cc(C)c1-c1c(C)cc(N(c2ccc(-c3cccc4c3sc3ccccc34)cc2)c2ccccc2-c2ccccc2)cc1C. The lowest BCUT2D eigenvalue weighted by atomic mass is 9.88. The molecule has 0 saturated carbocycles.